The van der Waals surface area contributed by atoms with E-state index in [0.29, 0.717) is 6.54 Å². The van der Waals surface area contributed by atoms with Crippen molar-refractivity contribution in [1.29, 1.82) is 0 Å². The highest BCUT2D eigenvalue weighted by Gasteiger charge is 2.12. The zero-order valence-electron chi connectivity index (χ0n) is 11.1. The SMILES string of the molecule is COc1ccccc1N(C)c1ccc(CN)cc1Br. The smallest absolute Gasteiger partial charge is 0.142 e. The molecule has 4 heteroatoms. The third kappa shape index (κ3) is 2.91. The summed E-state index contributed by atoms with van der Waals surface area (Å²) in [6, 6.07) is 14.1. The molecule has 0 aromatic heterocycles. The molecule has 0 saturated carbocycles. The number of hydrogen-bond acceptors (Lipinski definition) is 3. The third-order valence-corrected chi connectivity index (χ3v) is 3.69. The Morgan fingerprint density at radius 1 is 1.16 bits per heavy atom. The lowest BCUT2D eigenvalue weighted by Crippen LogP contribution is -2.11. The van der Waals surface area contributed by atoms with Gasteiger partial charge >= 0.3 is 0 Å². The predicted octanol–water partition coefficient (Wildman–Crippen LogP) is 3.68. The summed E-state index contributed by atoms with van der Waals surface area (Å²) < 4.78 is 6.41. The van der Waals surface area contributed by atoms with Crippen molar-refractivity contribution < 1.29 is 4.74 Å². The highest BCUT2D eigenvalue weighted by molar-refractivity contribution is 9.10. The van der Waals surface area contributed by atoms with Crippen LogP contribution < -0.4 is 15.4 Å². The fraction of sp³-hybridized carbons (Fsp3) is 0.200. The summed E-state index contributed by atoms with van der Waals surface area (Å²) in [4.78, 5) is 2.09. The minimum atomic E-state index is 0.539. The highest BCUT2D eigenvalue weighted by Crippen LogP contribution is 2.36. The van der Waals surface area contributed by atoms with Gasteiger partial charge in [0.1, 0.15) is 5.75 Å². The number of ether oxygens (including phenoxy) is 1. The van der Waals surface area contributed by atoms with Gasteiger partial charge in [0.2, 0.25) is 0 Å². The van der Waals surface area contributed by atoms with E-state index in [2.05, 4.69) is 26.9 Å². The van der Waals surface area contributed by atoms with Gasteiger partial charge in [-0.25, -0.2) is 0 Å². The average Bonchev–Trinajstić information content (AvgIpc) is 2.46. The molecule has 19 heavy (non-hydrogen) atoms. The molecule has 100 valence electrons. The summed E-state index contributed by atoms with van der Waals surface area (Å²) in [6.07, 6.45) is 0. The molecule has 0 unspecified atom stereocenters. The van der Waals surface area contributed by atoms with Crippen LogP contribution in [0.3, 0.4) is 0 Å². The summed E-state index contributed by atoms with van der Waals surface area (Å²) in [5.74, 6) is 0.847. The largest absolute Gasteiger partial charge is 0.495 e. The molecule has 0 atom stereocenters. The normalized spacial score (nSPS) is 10.3. The second kappa shape index (κ2) is 6.08. The third-order valence-electron chi connectivity index (χ3n) is 3.06. The number of para-hydroxylation sites is 2. The van der Waals surface area contributed by atoms with Crippen molar-refractivity contribution in [2.75, 3.05) is 19.1 Å². The van der Waals surface area contributed by atoms with Crippen LogP contribution in [0.5, 0.6) is 5.75 Å². The van der Waals surface area contributed by atoms with E-state index >= 15 is 0 Å². The van der Waals surface area contributed by atoms with Gasteiger partial charge in [-0.2, -0.15) is 0 Å². The van der Waals surface area contributed by atoms with Crippen molar-refractivity contribution in [2.24, 2.45) is 5.73 Å². The summed E-state index contributed by atoms with van der Waals surface area (Å²) >= 11 is 3.59. The van der Waals surface area contributed by atoms with E-state index in [0.717, 1.165) is 27.2 Å². The first-order valence-corrected chi connectivity index (χ1v) is 6.82. The lowest BCUT2D eigenvalue weighted by molar-refractivity contribution is 0.415. The molecule has 0 amide bonds. The average molecular weight is 321 g/mol. The van der Waals surface area contributed by atoms with Gasteiger partial charge in [-0.3, -0.25) is 0 Å². The maximum absolute atomic E-state index is 5.65. The minimum absolute atomic E-state index is 0.539. The first-order chi connectivity index (χ1) is 9.17. The van der Waals surface area contributed by atoms with Crippen LogP contribution in [0.25, 0.3) is 0 Å². The van der Waals surface area contributed by atoms with Gasteiger partial charge in [0.25, 0.3) is 0 Å². The van der Waals surface area contributed by atoms with E-state index in [4.69, 9.17) is 10.5 Å². The summed E-state index contributed by atoms with van der Waals surface area (Å²) in [7, 11) is 3.69. The molecule has 0 heterocycles. The van der Waals surface area contributed by atoms with Gasteiger partial charge in [0.05, 0.1) is 18.5 Å². The van der Waals surface area contributed by atoms with Crippen molar-refractivity contribution in [1.82, 2.24) is 0 Å². The van der Waals surface area contributed by atoms with Gasteiger partial charge in [0.15, 0.2) is 0 Å². The Kier molecular flexibility index (Phi) is 4.45. The van der Waals surface area contributed by atoms with Crippen molar-refractivity contribution >= 4 is 27.3 Å². The van der Waals surface area contributed by atoms with Gasteiger partial charge < -0.3 is 15.4 Å². The number of hydrogen-bond donors (Lipinski definition) is 1. The number of nitrogens with two attached hydrogens (primary N) is 1. The Labute approximate surface area is 122 Å². The molecule has 0 radical (unpaired) electrons. The molecule has 0 aliphatic heterocycles. The number of nitrogens with zero attached hydrogens (tertiary/aromatic N) is 1. The fourth-order valence-electron chi connectivity index (χ4n) is 1.99. The molecule has 0 spiro atoms. The standard InChI is InChI=1S/C15H17BrN2O/c1-18(14-5-3-4-6-15(14)19-2)13-8-7-11(10-17)9-12(13)16/h3-9H,10,17H2,1-2H3. The molecule has 3 nitrogen and oxygen atoms in total. The molecule has 0 aliphatic carbocycles. The van der Waals surface area contributed by atoms with Crippen LogP contribution >= 0.6 is 15.9 Å². The zero-order valence-corrected chi connectivity index (χ0v) is 12.6. The van der Waals surface area contributed by atoms with Crippen LogP contribution in [0, 0.1) is 0 Å². The quantitative estimate of drug-likeness (QED) is 0.933. The molecule has 2 rings (SSSR count). The molecule has 0 fully saturated rings. The summed E-state index contributed by atoms with van der Waals surface area (Å²) in [5, 5.41) is 0. The minimum Gasteiger partial charge on any atom is -0.495 e. The highest BCUT2D eigenvalue weighted by atomic mass is 79.9. The van der Waals surface area contributed by atoms with Crippen LogP contribution in [-0.4, -0.2) is 14.2 Å². The van der Waals surface area contributed by atoms with Crippen LogP contribution in [0.1, 0.15) is 5.56 Å². The molecule has 2 aromatic carbocycles. The Bertz CT molecular complexity index is 572. The predicted molar refractivity (Wildman–Crippen MR) is 83.1 cm³/mol. The van der Waals surface area contributed by atoms with Gasteiger partial charge in [-0.15, -0.1) is 0 Å². The molecule has 0 aliphatic rings. The van der Waals surface area contributed by atoms with Crippen LogP contribution in [0.2, 0.25) is 0 Å². The first-order valence-electron chi connectivity index (χ1n) is 6.02. The maximum Gasteiger partial charge on any atom is 0.142 e. The van der Waals surface area contributed by atoms with Crippen molar-refractivity contribution in [3.05, 3.63) is 52.5 Å². The topological polar surface area (TPSA) is 38.5 Å². The number of anilines is 2. The van der Waals surface area contributed by atoms with E-state index in [1.54, 1.807) is 7.11 Å². The molecule has 2 N–H and O–H groups in total. The summed E-state index contributed by atoms with van der Waals surface area (Å²) in [6.45, 7) is 0.539. The van der Waals surface area contributed by atoms with E-state index in [1.165, 1.54) is 0 Å². The van der Waals surface area contributed by atoms with Gasteiger partial charge in [0, 0.05) is 18.1 Å². The van der Waals surface area contributed by atoms with E-state index in [9.17, 15) is 0 Å². The van der Waals surface area contributed by atoms with Crippen LogP contribution in [0.15, 0.2) is 46.9 Å². The second-order valence-corrected chi connectivity index (χ2v) is 5.08. The van der Waals surface area contributed by atoms with Crippen LogP contribution in [-0.2, 0) is 6.54 Å². The monoisotopic (exact) mass is 320 g/mol. The first kappa shape index (κ1) is 13.9. The van der Waals surface area contributed by atoms with Crippen LogP contribution in [0.4, 0.5) is 11.4 Å². The second-order valence-electron chi connectivity index (χ2n) is 4.22. The Balaban J connectivity index is 2.41. The molecular formula is C15H17BrN2O. The zero-order chi connectivity index (χ0) is 13.8. The molecule has 2 aromatic rings. The van der Waals surface area contributed by atoms with Gasteiger partial charge in [-0.05, 0) is 45.8 Å². The van der Waals surface area contributed by atoms with Crippen molar-refractivity contribution in [2.45, 2.75) is 6.54 Å². The van der Waals surface area contributed by atoms with E-state index in [-0.39, 0.29) is 0 Å². The Morgan fingerprint density at radius 3 is 2.53 bits per heavy atom. The van der Waals surface area contributed by atoms with Crippen molar-refractivity contribution in [3.8, 4) is 5.75 Å². The lowest BCUT2D eigenvalue weighted by Gasteiger charge is -2.23. The summed E-state index contributed by atoms with van der Waals surface area (Å²) in [5.41, 5.74) is 8.84. The van der Waals surface area contributed by atoms with E-state index in [1.807, 2.05) is 43.4 Å². The molecule has 0 saturated heterocycles. The number of benzene rings is 2. The van der Waals surface area contributed by atoms with Crippen molar-refractivity contribution in [3.63, 3.8) is 0 Å². The number of methoxy groups -OCH3 is 1. The lowest BCUT2D eigenvalue weighted by atomic mass is 10.2. The van der Waals surface area contributed by atoms with E-state index < -0.39 is 0 Å². The molecule has 0 bridgehead atoms. The Morgan fingerprint density at radius 2 is 1.89 bits per heavy atom. The number of rotatable bonds is 4. The fourth-order valence-corrected chi connectivity index (χ4v) is 2.68. The maximum atomic E-state index is 5.65. The molecular weight excluding hydrogens is 304 g/mol. The Hall–Kier alpha value is -1.52. The number of halogens is 1. The van der Waals surface area contributed by atoms with Gasteiger partial charge in [-0.1, -0.05) is 18.2 Å².